The largest absolute Gasteiger partial charge is 0.476 e. The van der Waals surface area contributed by atoms with Gasteiger partial charge in [-0.15, -0.1) is 5.10 Å². The van der Waals surface area contributed by atoms with Crippen LogP contribution in [0.3, 0.4) is 0 Å². The minimum absolute atomic E-state index is 0.0770. The number of aryl methyl sites for hydroxylation is 1. The average molecular weight is 311 g/mol. The van der Waals surface area contributed by atoms with E-state index in [1.807, 2.05) is 0 Å². The van der Waals surface area contributed by atoms with Gasteiger partial charge in [0.15, 0.2) is 15.5 Å². The predicted molar refractivity (Wildman–Crippen MR) is 65.3 cm³/mol. The molecule has 11 heteroatoms. The molecule has 0 aliphatic heterocycles. The van der Waals surface area contributed by atoms with Crippen molar-refractivity contribution < 1.29 is 26.7 Å². The van der Waals surface area contributed by atoms with Crippen LogP contribution in [0.5, 0.6) is 0 Å². The summed E-state index contributed by atoms with van der Waals surface area (Å²) in [5.74, 6) is -2.49. The average Bonchev–Trinajstić information content (AvgIpc) is 2.72. The first-order valence-corrected chi connectivity index (χ1v) is 8.99. The molecule has 0 amide bonds. The molecule has 0 saturated carbocycles. The lowest BCUT2D eigenvalue weighted by atomic mass is 10.5. The van der Waals surface area contributed by atoms with Crippen molar-refractivity contribution in [1.29, 1.82) is 0 Å². The summed E-state index contributed by atoms with van der Waals surface area (Å²) in [6, 6.07) is 0. The van der Waals surface area contributed by atoms with E-state index in [1.54, 1.807) is 0 Å². The highest BCUT2D eigenvalue weighted by Crippen LogP contribution is 1.98. The van der Waals surface area contributed by atoms with Crippen LogP contribution in [-0.2, 0) is 26.2 Å². The molecule has 9 nitrogen and oxygen atoms in total. The van der Waals surface area contributed by atoms with Gasteiger partial charge in [0, 0.05) is 6.26 Å². The van der Waals surface area contributed by atoms with Crippen LogP contribution in [0.15, 0.2) is 6.20 Å². The zero-order valence-corrected chi connectivity index (χ0v) is 11.7. The number of aromatic nitrogens is 3. The first-order valence-electron chi connectivity index (χ1n) is 5.11. The molecule has 1 rings (SSSR count). The molecule has 19 heavy (non-hydrogen) atoms. The van der Waals surface area contributed by atoms with Crippen molar-refractivity contribution in [1.82, 2.24) is 15.0 Å². The number of carboxylic acid groups (broad SMARTS) is 1. The Hall–Kier alpha value is -1.49. The maximum absolute atomic E-state index is 11.5. The lowest BCUT2D eigenvalue weighted by molar-refractivity contribution is 0.0690. The summed E-state index contributed by atoms with van der Waals surface area (Å²) in [5, 5.41) is 15.4. The third kappa shape index (κ3) is 5.79. The molecule has 0 unspecified atom stereocenters. The van der Waals surface area contributed by atoms with Crippen molar-refractivity contribution in [2.24, 2.45) is 0 Å². The second-order valence-corrected chi connectivity index (χ2v) is 8.52. The summed E-state index contributed by atoms with van der Waals surface area (Å²) in [4.78, 5) is 10.5. The van der Waals surface area contributed by atoms with E-state index in [9.17, 15) is 21.6 Å². The number of rotatable bonds is 7. The molecule has 1 N–H and O–H groups in total. The molecular formula is C8H13N3O6S2. The normalized spacial score (nSPS) is 12.5. The van der Waals surface area contributed by atoms with Gasteiger partial charge in [0.1, 0.15) is 9.84 Å². The summed E-state index contributed by atoms with van der Waals surface area (Å²) in [6.45, 7) is -0.0770. The molecule has 1 aromatic rings. The Kier molecular flexibility index (Phi) is 4.63. The zero-order valence-electron chi connectivity index (χ0n) is 10.1. The van der Waals surface area contributed by atoms with Crippen molar-refractivity contribution >= 4 is 25.6 Å². The maximum atomic E-state index is 11.5. The molecule has 0 spiro atoms. The number of hydrogen-bond acceptors (Lipinski definition) is 7. The van der Waals surface area contributed by atoms with Crippen LogP contribution in [0.2, 0.25) is 0 Å². The fraction of sp³-hybridized carbons (Fsp3) is 0.625. The Morgan fingerprint density at radius 1 is 1.26 bits per heavy atom. The van der Waals surface area contributed by atoms with Crippen molar-refractivity contribution in [3.8, 4) is 0 Å². The number of carboxylic acids is 1. The molecule has 0 bridgehead atoms. The van der Waals surface area contributed by atoms with Gasteiger partial charge in [-0.2, -0.15) is 0 Å². The van der Waals surface area contributed by atoms with Crippen molar-refractivity contribution in [3.05, 3.63) is 11.9 Å². The fourth-order valence-electron chi connectivity index (χ4n) is 1.12. The first-order chi connectivity index (χ1) is 8.59. The molecule has 0 aliphatic rings. The van der Waals surface area contributed by atoms with Crippen LogP contribution < -0.4 is 0 Å². The molecule has 0 radical (unpaired) electrons. The fourth-order valence-corrected chi connectivity index (χ4v) is 4.01. The van der Waals surface area contributed by atoms with Crippen molar-refractivity contribution in [2.45, 2.75) is 6.54 Å². The minimum atomic E-state index is -3.54. The number of sulfone groups is 2. The summed E-state index contributed by atoms with van der Waals surface area (Å²) < 4.78 is 45.9. The van der Waals surface area contributed by atoms with Gasteiger partial charge in [0.05, 0.1) is 30.0 Å². The number of carbonyl (C=O) groups is 1. The van der Waals surface area contributed by atoms with E-state index < -0.39 is 37.1 Å². The van der Waals surface area contributed by atoms with E-state index in [4.69, 9.17) is 5.11 Å². The molecule has 1 heterocycles. The van der Waals surface area contributed by atoms with Gasteiger partial charge in [0.25, 0.3) is 0 Å². The number of nitrogens with zero attached hydrogens (tertiary/aromatic N) is 3. The Bertz CT molecular complexity index is 660. The highest BCUT2D eigenvalue weighted by Gasteiger charge is 2.16. The molecule has 0 saturated heterocycles. The molecule has 0 aliphatic carbocycles. The number of aromatic carboxylic acids is 1. The van der Waals surface area contributed by atoms with E-state index >= 15 is 0 Å². The Labute approximate surface area is 110 Å². The van der Waals surface area contributed by atoms with Gasteiger partial charge in [-0.05, 0) is 0 Å². The second kappa shape index (κ2) is 5.65. The molecular weight excluding hydrogens is 298 g/mol. The topological polar surface area (TPSA) is 136 Å². The second-order valence-electron chi connectivity index (χ2n) is 3.95. The maximum Gasteiger partial charge on any atom is 0.358 e. The van der Waals surface area contributed by atoms with E-state index in [0.717, 1.165) is 17.1 Å². The van der Waals surface area contributed by atoms with Crippen LogP contribution in [0.4, 0.5) is 0 Å². The SMILES string of the molecule is CS(=O)(=O)CCS(=O)(=O)CCn1cc(C(=O)O)nn1. The standard InChI is InChI=1S/C8H13N3O6S2/c1-18(14,15)4-5-19(16,17)3-2-11-6-7(8(12)13)9-10-11/h6H,2-5H2,1H3,(H,12,13). The van der Waals surface area contributed by atoms with E-state index in [2.05, 4.69) is 10.3 Å². The van der Waals surface area contributed by atoms with Gasteiger partial charge in [-0.25, -0.2) is 21.6 Å². The smallest absolute Gasteiger partial charge is 0.358 e. The number of hydrogen-bond donors (Lipinski definition) is 1. The van der Waals surface area contributed by atoms with Gasteiger partial charge in [-0.3, -0.25) is 4.68 Å². The predicted octanol–water partition coefficient (Wildman–Crippen LogP) is -1.56. The van der Waals surface area contributed by atoms with E-state index in [1.165, 1.54) is 0 Å². The molecule has 0 aromatic carbocycles. The highest BCUT2D eigenvalue weighted by molar-refractivity contribution is 7.94. The Morgan fingerprint density at radius 3 is 2.37 bits per heavy atom. The molecule has 0 fully saturated rings. The van der Waals surface area contributed by atoms with Crippen LogP contribution in [0.25, 0.3) is 0 Å². The Morgan fingerprint density at radius 2 is 1.89 bits per heavy atom. The van der Waals surface area contributed by atoms with Crippen molar-refractivity contribution in [3.63, 3.8) is 0 Å². The van der Waals surface area contributed by atoms with E-state index in [-0.39, 0.29) is 18.0 Å². The van der Waals surface area contributed by atoms with Crippen LogP contribution >= 0.6 is 0 Å². The minimum Gasteiger partial charge on any atom is -0.476 e. The van der Waals surface area contributed by atoms with E-state index in [0.29, 0.717) is 0 Å². The summed E-state index contributed by atoms with van der Waals surface area (Å²) in [5.41, 5.74) is -0.284. The molecule has 0 atom stereocenters. The molecule has 1 aromatic heterocycles. The summed E-state index contributed by atoms with van der Waals surface area (Å²) in [6.07, 6.45) is 2.06. The van der Waals surface area contributed by atoms with Gasteiger partial charge in [-0.1, -0.05) is 5.21 Å². The van der Waals surface area contributed by atoms with Crippen LogP contribution in [0, 0.1) is 0 Å². The summed E-state index contributed by atoms with van der Waals surface area (Å²) >= 11 is 0. The van der Waals surface area contributed by atoms with Crippen molar-refractivity contribution in [2.75, 3.05) is 23.5 Å². The zero-order chi connectivity index (χ0) is 14.7. The lowest BCUT2D eigenvalue weighted by Crippen LogP contribution is -2.21. The monoisotopic (exact) mass is 311 g/mol. The summed E-state index contributed by atoms with van der Waals surface area (Å²) in [7, 11) is -6.88. The molecule has 108 valence electrons. The van der Waals surface area contributed by atoms with Gasteiger partial charge < -0.3 is 5.11 Å². The van der Waals surface area contributed by atoms with Crippen LogP contribution in [0.1, 0.15) is 10.5 Å². The quantitative estimate of drug-likeness (QED) is 0.638. The van der Waals surface area contributed by atoms with Gasteiger partial charge in [0.2, 0.25) is 0 Å². The Balaban J connectivity index is 2.57. The third-order valence-electron chi connectivity index (χ3n) is 2.15. The highest BCUT2D eigenvalue weighted by atomic mass is 32.2. The first kappa shape index (κ1) is 15.6. The van der Waals surface area contributed by atoms with Gasteiger partial charge >= 0.3 is 5.97 Å². The van der Waals surface area contributed by atoms with Crippen LogP contribution in [-0.4, -0.2) is 66.4 Å². The lowest BCUT2D eigenvalue weighted by Gasteiger charge is -2.03. The third-order valence-corrected chi connectivity index (χ3v) is 4.99.